The maximum atomic E-state index is 9.83. The first-order valence-corrected chi connectivity index (χ1v) is 4.74. The molecule has 0 aliphatic heterocycles. The van der Waals surface area contributed by atoms with Crippen molar-refractivity contribution in [2.75, 3.05) is 0 Å². The van der Waals surface area contributed by atoms with Crippen molar-refractivity contribution in [3.05, 3.63) is 0 Å². The average molecular weight is 195 g/mol. The van der Waals surface area contributed by atoms with E-state index in [4.69, 9.17) is 11.6 Å². The Bertz CT molecular complexity index is 138. The Morgan fingerprint density at radius 3 is 1.92 bits per heavy atom. The minimum atomic E-state index is -1.04. The molecule has 0 heterocycles. The largest absolute Gasteiger partial charge is 0.389 e. The Morgan fingerprint density at radius 1 is 1.25 bits per heavy atom. The van der Waals surface area contributed by atoms with Gasteiger partial charge in [-0.2, -0.15) is 0 Å². The molecule has 2 atom stereocenters. The van der Waals surface area contributed by atoms with Gasteiger partial charge in [0.15, 0.2) is 0 Å². The van der Waals surface area contributed by atoms with E-state index in [1.807, 2.05) is 6.92 Å². The van der Waals surface area contributed by atoms with Gasteiger partial charge in [-0.3, -0.25) is 0 Å². The summed E-state index contributed by atoms with van der Waals surface area (Å²) in [5, 5.41) is 18.7. The maximum Gasteiger partial charge on any atom is 0.0901 e. The number of hydrogen-bond acceptors (Lipinski definition) is 2. The molecule has 0 aliphatic carbocycles. The lowest BCUT2D eigenvalue weighted by Crippen LogP contribution is -2.48. The van der Waals surface area contributed by atoms with Crippen LogP contribution < -0.4 is 0 Å². The predicted octanol–water partition coefficient (Wildman–Crippen LogP) is 1.92. The minimum absolute atomic E-state index is 0.602. The highest BCUT2D eigenvalue weighted by atomic mass is 35.5. The van der Waals surface area contributed by atoms with E-state index in [2.05, 4.69) is 0 Å². The Balaban J connectivity index is 4.34. The van der Waals surface area contributed by atoms with Crippen LogP contribution in [0.3, 0.4) is 0 Å². The normalized spacial score (nSPS) is 20.2. The van der Waals surface area contributed by atoms with Gasteiger partial charge < -0.3 is 10.2 Å². The second-order valence-corrected chi connectivity index (χ2v) is 4.56. The number of alkyl halides is 1. The van der Waals surface area contributed by atoms with Crippen LogP contribution in [0.5, 0.6) is 0 Å². The SMILES string of the molecule is CCCC(C)(O)C(Cl)C(C)(C)O. The molecule has 0 amide bonds. The lowest BCUT2D eigenvalue weighted by molar-refractivity contribution is -0.0343. The molecule has 2 N–H and O–H groups in total. The fourth-order valence-corrected chi connectivity index (χ4v) is 1.50. The lowest BCUT2D eigenvalue weighted by atomic mass is 9.87. The third kappa shape index (κ3) is 3.30. The zero-order valence-corrected chi connectivity index (χ0v) is 9.02. The second-order valence-electron chi connectivity index (χ2n) is 4.12. The first-order chi connectivity index (χ1) is 5.22. The number of aliphatic hydroxyl groups is 2. The smallest absolute Gasteiger partial charge is 0.0901 e. The molecular formula is C9H19ClO2. The monoisotopic (exact) mass is 194 g/mol. The molecule has 0 aromatic heterocycles. The summed E-state index contributed by atoms with van der Waals surface area (Å²) in [5.41, 5.74) is -2.03. The van der Waals surface area contributed by atoms with E-state index < -0.39 is 16.6 Å². The summed E-state index contributed by atoms with van der Waals surface area (Å²) in [6.07, 6.45) is 1.46. The van der Waals surface area contributed by atoms with Gasteiger partial charge in [-0.05, 0) is 27.2 Å². The van der Waals surface area contributed by atoms with Gasteiger partial charge in [-0.25, -0.2) is 0 Å². The molecule has 0 aromatic carbocycles. The molecule has 12 heavy (non-hydrogen) atoms. The van der Waals surface area contributed by atoms with Crippen molar-refractivity contribution < 1.29 is 10.2 Å². The van der Waals surface area contributed by atoms with Crippen molar-refractivity contribution >= 4 is 11.6 Å². The van der Waals surface area contributed by atoms with Crippen LogP contribution in [0.2, 0.25) is 0 Å². The lowest BCUT2D eigenvalue weighted by Gasteiger charge is -2.35. The highest BCUT2D eigenvalue weighted by Gasteiger charge is 2.39. The van der Waals surface area contributed by atoms with Crippen molar-refractivity contribution in [3.8, 4) is 0 Å². The molecule has 0 fully saturated rings. The molecule has 2 unspecified atom stereocenters. The van der Waals surface area contributed by atoms with Gasteiger partial charge in [0.25, 0.3) is 0 Å². The van der Waals surface area contributed by atoms with Gasteiger partial charge in [0.2, 0.25) is 0 Å². The highest BCUT2D eigenvalue weighted by molar-refractivity contribution is 6.22. The van der Waals surface area contributed by atoms with Crippen molar-refractivity contribution in [2.24, 2.45) is 0 Å². The van der Waals surface area contributed by atoms with E-state index >= 15 is 0 Å². The van der Waals surface area contributed by atoms with Gasteiger partial charge in [-0.1, -0.05) is 13.3 Å². The van der Waals surface area contributed by atoms with Gasteiger partial charge in [0, 0.05) is 0 Å². The first kappa shape index (κ1) is 12.2. The van der Waals surface area contributed by atoms with Crippen molar-refractivity contribution in [1.82, 2.24) is 0 Å². The number of halogens is 1. The molecule has 3 heteroatoms. The number of hydrogen-bond donors (Lipinski definition) is 2. The standard InChI is InChI=1S/C9H19ClO2/c1-5-6-9(4,12)7(10)8(2,3)11/h7,11-12H,5-6H2,1-4H3. The predicted molar refractivity (Wildman–Crippen MR) is 51.5 cm³/mol. The fraction of sp³-hybridized carbons (Fsp3) is 1.00. The topological polar surface area (TPSA) is 40.5 Å². The molecule has 0 rings (SSSR count). The Kier molecular flexibility index (Phi) is 4.01. The van der Waals surface area contributed by atoms with Gasteiger partial charge in [0.05, 0.1) is 16.6 Å². The van der Waals surface area contributed by atoms with Crippen LogP contribution in [0, 0.1) is 0 Å². The van der Waals surface area contributed by atoms with E-state index in [1.54, 1.807) is 20.8 Å². The van der Waals surface area contributed by atoms with E-state index in [0.717, 1.165) is 6.42 Å². The van der Waals surface area contributed by atoms with Crippen LogP contribution in [-0.4, -0.2) is 26.8 Å². The van der Waals surface area contributed by atoms with Crippen molar-refractivity contribution in [3.63, 3.8) is 0 Å². The number of rotatable bonds is 4. The average Bonchev–Trinajstić information content (AvgIpc) is 1.84. The zero-order chi connectivity index (χ0) is 9.99. The fourth-order valence-electron chi connectivity index (χ4n) is 1.39. The van der Waals surface area contributed by atoms with Crippen LogP contribution in [0.15, 0.2) is 0 Å². The van der Waals surface area contributed by atoms with Crippen LogP contribution in [0.25, 0.3) is 0 Å². The third-order valence-corrected chi connectivity index (χ3v) is 2.93. The van der Waals surface area contributed by atoms with Crippen LogP contribution >= 0.6 is 11.6 Å². The maximum absolute atomic E-state index is 9.83. The van der Waals surface area contributed by atoms with E-state index in [9.17, 15) is 10.2 Å². The molecule has 0 spiro atoms. The van der Waals surface area contributed by atoms with Crippen LogP contribution in [0.1, 0.15) is 40.5 Å². The van der Waals surface area contributed by atoms with Crippen LogP contribution in [-0.2, 0) is 0 Å². The second kappa shape index (κ2) is 3.95. The Hall–Kier alpha value is 0.210. The molecule has 0 radical (unpaired) electrons. The Labute approximate surface area is 79.6 Å². The minimum Gasteiger partial charge on any atom is -0.389 e. The summed E-state index contributed by atoms with van der Waals surface area (Å²) in [6.45, 7) is 6.85. The van der Waals surface area contributed by atoms with E-state index in [1.165, 1.54) is 0 Å². The van der Waals surface area contributed by atoms with Gasteiger partial charge in [-0.15, -0.1) is 11.6 Å². The molecule has 2 nitrogen and oxygen atoms in total. The molecule has 0 aliphatic rings. The zero-order valence-electron chi connectivity index (χ0n) is 8.26. The van der Waals surface area contributed by atoms with Gasteiger partial charge in [0.1, 0.15) is 0 Å². The molecular weight excluding hydrogens is 176 g/mol. The highest BCUT2D eigenvalue weighted by Crippen LogP contribution is 2.29. The molecule has 0 saturated heterocycles. The third-order valence-electron chi connectivity index (χ3n) is 1.92. The van der Waals surface area contributed by atoms with E-state index in [-0.39, 0.29) is 0 Å². The summed E-state index contributed by atoms with van der Waals surface area (Å²) in [6, 6.07) is 0. The summed E-state index contributed by atoms with van der Waals surface area (Å²) >= 11 is 5.93. The Morgan fingerprint density at radius 2 is 1.67 bits per heavy atom. The molecule has 0 bridgehead atoms. The quantitative estimate of drug-likeness (QED) is 0.672. The summed E-state index contributed by atoms with van der Waals surface area (Å²) in [7, 11) is 0. The molecule has 0 saturated carbocycles. The summed E-state index contributed by atoms with van der Waals surface area (Å²) < 4.78 is 0. The van der Waals surface area contributed by atoms with E-state index in [0.29, 0.717) is 6.42 Å². The van der Waals surface area contributed by atoms with Gasteiger partial charge >= 0.3 is 0 Å². The first-order valence-electron chi connectivity index (χ1n) is 4.30. The van der Waals surface area contributed by atoms with Crippen molar-refractivity contribution in [1.29, 1.82) is 0 Å². The molecule has 0 aromatic rings. The van der Waals surface area contributed by atoms with Crippen molar-refractivity contribution in [2.45, 2.75) is 57.1 Å². The molecule has 74 valence electrons. The summed E-state index contributed by atoms with van der Waals surface area (Å²) in [4.78, 5) is 0. The summed E-state index contributed by atoms with van der Waals surface area (Å²) in [5.74, 6) is 0. The van der Waals surface area contributed by atoms with Crippen LogP contribution in [0.4, 0.5) is 0 Å².